The first kappa shape index (κ1) is 22.6. The van der Waals surface area contributed by atoms with Crippen molar-refractivity contribution in [3.8, 4) is 0 Å². The van der Waals surface area contributed by atoms with E-state index in [-0.39, 0.29) is 24.3 Å². The molecule has 1 aliphatic carbocycles. The molecule has 160 valence electrons. The number of hydrogen-bond acceptors (Lipinski definition) is 2. The molecule has 4 nitrogen and oxygen atoms in total. The van der Waals surface area contributed by atoms with Gasteiger partial charge in [-0.05, 0) is 49.4 Å². The number of carbonyl (C=O) groups excluding carboxylic acids is 2. The van der Waals surface area contributed by atoms with Gasteiger partial charge in [0.15, 0.2) is 0 Å². The molecule has 0 radical (unpaired) electrons. The van der Waals surface area contributed by atoms with Crippen LogP contribution in [-0.2, 0) is 22.4 Å². The number of carbonyl (C=O) groups is 2. The topological polar surface area (TPSA) is 49.4 Å². The average Bonchev–Trinajstić information content (AvgIpc) is 3.24. The highest BCUT2D eigenvalue weighted by molar-refractivity contribution is 6.42. The number of rotatable bonds is 8. The molecule has 1 fully saturated rings. The second-order valence-electron chi connectivity index (χ2n) is 7.91. The SMILES string of the molecule is CC(C(=O)NC1CCCC1)N(CCc1ccccc1)C(=O)Cc1ccc(Cl)c(Cl)c1. The standard InChI is InChI=1S/C24H28Cl2N2O2/c1-17(24(30)27-20-9-5-6-10-20)28(14-13-18-7-3-2-4-8-18)23(29)16-19-11-12-21(25)22(26)15-19/h2-4,7-8,11-12,15,17,20H,5-6,9-10,13-14,16H2,1H3,(H,27,30). The molecule has 0 bridgehead atoms. The van der Waals surface area contributed by atoms with Crippen molar-refractivity contribution < 1.29 is 9.59 Å². The van der Waals surface area contributed by atoms with E-state index in [1.165, 1.54) is 0 Å². The van der Waals surface area contributed by atoms with E-state index in [1.807, 2.05) is 37.3 Å². The molecule has 2 aromatic rings. The van der Waals surface area contributed by atoms with Crippen molar-refractivity contribution in [3.63, 3.8) is 0 Å². The molecule has 6 heteroatoms. The van der Waals surface area contributed by atoms with E-state index < -0.39 is 6.04 Å². The van der Waals surface area contributed by atoms with Crippen molar-refractivity contribution in [2.75, 3.05) is 6.54 Å². The Kier molecular flexibility index (Phi) is 8.17. The Morgan fingerprint density at radius 1 is 1.03 bits per heavy atom. The van der Waals surface area contributed by atoms with Crippen LogP contribution >= 0.6 is 23.2 Å². The number of benzene rings is 2. The van der Waals surface area contributed by atoms with Gasteiger partial charge in [0.05, 0.1) is 16.5 Å². The van der Waals surface area contributed by atoms with Gasteiger partial charge in [-0.15, -0.1) is 0 Å². The third-order valence-corrected chi connectivity index (χ3v) is 6.43. The van der Waals surface area contributed by atoms with Crippen LogP contribution in [0.2, 0.25) is 10.0 Å². The Balaban J connectivity index is 1.71. The highest BCUT2D eigenvalue weighted by Gasteiger charge is 2.28. The summed E-state index contributed by atoms with van der Waals surface area (Å²) >= 11 is 12.1. The highest BCUT2D eigenvalue weighted by atomic mass is 35.5. The Labute approximate surface area is 188 Å². The van der Waals surface area contributed by atoms with Gasteiger partial charge < -0.3 is 10.2 Å². The number of nitrogens with zero attached hydrogens (tertiary/aromatic N) is 1. The Bertz CT molecular complexity index is 867. The van der Waals surface area contributed by atoms with E-state index in [9.17, 15) is 9.59 Å². The van der Waals surface area contributed by atoms with Gasteiger partial charge in [-0.25, -0.2) is 0 Å². The molecule has 1 unspecified atom stereocenters. The number of nitrogens with one attached hydrogen (secondary N) is 1. The predicted molar refractivity (Wildman–Crippen MR) is 122 cm³/mol. The van der Waals surface area contributed by atoms with Crippen LogP contribution in [0.1, 0.15) is 43.7 Å². The summed E-state index contributed by atoms with van der Waals surface area (Å²) in [5.74, 6) is -0.184. The molecule has 1 saturated carbocycles. The zero-order chi connectivity index (χ0) is 21.5. The lowest BCUT2D eigenvalue weighted by molar-refractivity contribution is -0.139. The fraction of sp³-hybridized carbons (Fsp3) is 0.417. The van der Waals surface area contributed by atoms with Crippen LogP contribution in [-0.4, -0.2) is 35.3 Å². The molecule has 1 aliphatic rings. The summed E-state index contributed by atoms with van der Waals surface area (Å²) in [4.78, 5) is 27.7. The number of hydrogen-bond donors (Lipinski definition) is 1. The van der Waals surface area contributed by atoms with Crippen LogP contribution in [0.25, 0.3) is 0 Å². The zero-order valence-electron chi connectivity index (χ0n) is 17.2. The predicted octanol–water partition coefficient (Wildman–Crippen LogP) is 5.05. The summed E-state index contributed by atoms with van der Waals surface area (Å²) in [6, 6.07) is 14.9. The first-order valence-electron chi connectivity index (χ1n) is 10.5. The van der Waals surface area contributed by atoms with E-state index >= 15 is 0 Å². The van der Waals surface area contributed by atoms with Gasteiger partial charge in [0.1, 0.15) is 6.04 Å². The second-order valence-corrected chi connectivity index (χ2v) is 8.73. The first-order valence-corrected chi connectivity index (χ1v) is 11.3. The molecular weight excluding hydrogens is 419 g/mol. The fourth-order valence-corrected chi connectivity index (χ4v) is 4.21. The molecule has 2 aromatic carbocycles. The molecule has 1 atom stereocenters. The molecule has 2 amide bonds. The first-order chi connectivity index (χ1) is 14.4. The third kappa shape index (κ3) is 6.23. The summed E-state index contributed by atoms with van der Waals surface area (Å²) in [5.41, 5.74) is 1.91. The van der Waals surface area contributed by atoms with E-state index in [1.54, 1.807) is 23.1 Å². The Morgan fingerprint density at radius 3 is 2.40 bits per heavy atom. The smallest absolute Gasteiger partial charge is 0.242 e. The maximum Gasteiger partial charge on any atom is 0.242 e. The normalized spacial score (nSPS) is 15.0. The molecular formula is C24H28Cl2N2O2. The van der Waals surface area contributed by atoms with Crippen LogP contribution in [0.3, 0.4) is 0 Å². The highest BCUT2D eigenvalue weighted by Crippen LogP contribution is 2.23. The minimum absolute atomic E-state index is 0.0857. The lowest BCUT2D eigenvalue weighted by Gasteiger charge is -2.30. The molecule has 0 spiro atoms. The van der Waals surface area contributed by atoms with Gasteiger partial charge in [-0.2, -0.15) is 0 Å². The molecule has 0 saturated heterocycles. The van der Waals surface area contributed by atoms with E-state index in [0.717, 1.165) is 36.8 Å². The number of halogens is 2. The largest absolute Gasteiger partial charge is 0.352 e. The van der Waals surface area contributed by atoms with E-state index in [4.69, 9.17) is 23.2 Å². The van der Waals surface area contributed by atoms with Crippen molar-refractivity contribution in [3.05, 3.63) is 69.7 Å². The Morgan fingerprint density at radius 2 is 1.73 bits per heavy atom. The van der Waals surface area contributed by atoms with Crippen molar-refractivity contribution in [1.29, 1.82) is 0 Å². The molecule has 3 rings (SSSR count). The lowest BCUT2D eigenvalue weighted by atomic mass is 10.1. The summed E-state index contributed by atoms with van der Waals surface area (Å²) in [6.45, 7) is 2.28. The van der Waals surface area contributed by atoms with Gasteiger partial charge in [-0.1, -0.05) is 72.4 Å². The van der Waals surface area contributed by atoms with Crippen LogP contribution in [0, 0.1) is 0 Å². The summed E-state index contributed by atoms with van der Waals surface area (Å²) in [5, 5.41) is 4.00. The van der Waals surface area contributed by atoms with Gasteiger partial charge in [0, 0.05) is 12.6 Å². The average molecular weight is 447 g/mol. The van der Waals surface area contributed by atoms with Crippen LogP contribution in [0.5, 0.6) is 0 Å². The minimum Gasteiger partial charge on any atom is -0.352 e. The van der Waals surface area contributed by atoms with Crippen molar-refractivity contribution in [1.82, 2.24) is 10.2 Å². The van der Waals surface area contributed by atoms with Crippen LogP contribution in [0.4, 0.5) is 0 Å². The Hall–Kier alpha value is -2.04. The van der Waals surface area contributed by atoms with Crippen LogP contribution in [0.15, 0.2) is 48.5 Å². The quantitative estimate of drug-likeness (QED) is 0.616. The summed E-state index contributed by atoms with van der Waals surface area (Å²) < 4.78 is 0. The molecule has 30 heavy (non-hydrogen) atoms. The van der Waals surface area contributed by atoms with Gasteiger partial charge in [0.2, 0.25) is 11.8 Å². The maximum atomic E-state index is 13.2. The maximum absolute atomic E-state index is 13.2. The van der Waals surface area contributed by atoms with E-state index in [2.05, 4.69) is 5.32 Å². The molecule has 0 aliphatic heterocycles. The second kappa shape index (κ2) is 10.8. The summed E-state index contributed by atoms with van der Waals surface area (Å²) in [6.07, 6.45) is 5.18. The molecule has 0 aromatic heterocycles. The molecule has 1 N–H and O–H groups in total. The van der Waals surface area contributed by atoms with E-state index in [0.29, 0.717) is 23.0 Å². The lowest BCUT2D eigenvalue weighted by Crippen LogP contribution is -2.51. The molecule has 0 heterocycles. The zero-order valence-corrected chi connectivity index (χ0v) is 18.8. The van der Waals surface area contributed by atoms with Crippen molar-refractivity contribution in [2.45, 2.75) is 57.5 Å². The van der Waals surface area contributed by atoms with Crippen molar-refractivity contribution in [2.24, 2.45) is 0 Å². The minimum atomic E-state index is -0.537. The van der Waals surface area contributed by atoms with Crippen LogP contribution < -0.4 is 5.32 Å². The summed E-state index contributed by atoms with van der Waals surface area (Å²) in [7, 11) is 0. The van der Waals surface area contributed by atoms with Gasteiger partial charge >= 0.3 is 0 Å². The van der Waals surface area contributed by atoms with Gasteiger partial charge in [-0.3, -0.25) is 9.59 Å². The van der Waals surface area contributed by atoms with Crippen molar-refractivity contribution >= 4 is 35.0 Å². The fourth-order valence-electron chi connectivity index (χ4n) is 3.89. The van der Waals surface area contributed by atoms with Gasteiger partial charge in [0.25, 0.3) is 0 Å². The number of amides is 2. The third-order valence-electron chi connectivity index (χ3n) is 5.69. The monoisotopic (exact) mass is 446 g/mol.